The first-order valence-corrected chi connectivity index (χ1v) is 11.1. The molecule has 0 saturated carbocycles. The molecule has 3 aromatic rings. The predicted molar refractivity (Wildman–Crippen MR) is 117 cm³/mol. The van der Waals surface area contributed by atoms with Gasteiger partial charge in [-0.1, -0.05) is 84.9 Å². The van der Waals surface area contributed by atoms with Crippen molar-refractivity contribution in [3.8, 4) is 0 Å². The van der Waals surface area contributed by atoms with E-state index in [2.05, 4.69) is 0 Å². The van der Waals surface area contributed by atoms with Crippen LogP contribution in [0.15, 0.2) is 89.8 Å². The quantitative estimate of drug-likeness (QED) is 0.325. The van der Waals surface area contributed by atoms with Crippen LogP contribution in [0.4, 0.5) is 0 Å². The Labute approximate surface area is 176 Å². The topological polar surface area (TPSA) is 83.5 Å². The number of hydrogen-bond donors (Lipinski definition) is 2. The SMILES string of the molecule is O=C(CC(Cc1ccccc1)S(=O)(=O)c1ccc(/C=C/c2ccccc2)cc1)NO. The minimum absolute atomic E-state index is 0.144. The second kappa shape index (κ2) is 10.0. The molecule has 6 heteroatoms. The average Bonchev–Trinajstić information content (AvgIpc) is 2.79. The molecule has 1 amide bonds. The van der Waals surface area contributed by atoms with Crippen molar-refractivity contribution in [2.75, 3.05) is 0 Å². The van der Waals surface area contributed by atoms with E-state index < -0.39 is 21.0 Å². The third-order valence-electron chi connectivity index (χ3n) is 4.76. The van der Waals surface area contributed by atoms with Crippen LogP contribution in [0, 0.1) is 0 Å². The second-order valence-corrected chi connectivity index (χ2v) is 9.14. The van der Waals surface area contributed by atoms with Gasteiger partial charge in [0.1, 0.15) is 0 Å². The molecule has 5 nitrogen and oxygen atoms in total. The molecule has 0 heterocycles. The highest BCUT2D eigenvalue weighted by molar-refractivity contribution is 7.92. The highest BCUT2D eigenvalue weighted by Crippen LogP contribution is 2.23. The molecule has 30 heavy (non-hydrogen) atoms. The Morgan fingerprint density at radius 1 is 0.833 bits per heavy atom. The van der Waals surface area contributed by atoms with E-state index in [0.29, 0.717) is 0 Å². The number of sulfone groups is 1. The Kier molecular flexibility index (Phi) is 7.17. The summed E-state index contributed by atoms with van der Waals surface area (Å²) in [7, 11) is -3.78. The van der Waals surface area contributed by atoms with Crippen molar-refractivity contribution < 1.29 is 18.4 Å². The zero-order valence-corrected chi connectivity index (χ0v) is 17.1. The highest BCUT2D eigenvalue weighted by Gasteiger charge is 2.30. The van der Waals surface area contributed by atoms with Crippen molar-refractivity contribution in [3.05, 3.63) is 102 Å². The first-order valence-electron chi connectivity index (χ1n) is 9.53. The van der Waals surface area contributed by atoms with Gasteiger partial charge in [0.05, 0.1) is 10.1 Å². The predicted octanol–water partition coefficient (Wildman–Crippen LogP) is 4.14. The lowest BCUT2D eigenvalue weighted by Crippen LogP contribution is -2.31. The van der Waals surface area contributed by atoms with Gasteiger partial charge in [-0.3, -0.25) is 10.0 Å². The summed E-state index contributed by atoms with van der Waals surface area (Å²) in [5.41, 5.74) is 4.25. The van der Waals surface area contributed by atoms with Gasteiger partial charge in [0.2, 0.25) is 5.91 Å². The van der Waals surface area contributed by atoms with Crippen molar-refractivity contribution in [2.24, 2.45) is 0 Å². The molecule has 0 bridgehead atoms. The van der Waals surface area contributed by atoms with Gasteiger partial charge in [-0.2, -0.15) is 0 Å². The van der Waals surface area contributed by atoms with E-state index in [4.69, 9.17) is 5.21 Å². The molecule has 0 saturated heterocycles. The van der Waals surface area contributed by atoms with Crippen molar-refractivity contribution in [2.45, 2.75) is 23.0 Å². The van der Waals surface area contributed by atoms with Gasteiger partial charge in [-0.15, -0.1) is 0 Å². The zero-order chi connectivity index (χ0) is 21.4. The third-order valence-corrected chi connectivity index (χ3v) is 6.90. The average molecular weight is 422 g/mol. The molecular weight excluding hydrogens is 398 g/mol. The van der Waals surface area contributed by atoms with Crippen LogP contribution >= 0.6 is 0 Å². The molecule has 0 aromatic heterocycles. The van der Waals surface area contributed by atoms with Crippen LogP contribution in [-0.4, -0.2) is 24.8 Å². The standard InChI is InChI=1S/C24H23NO4S/c26-24(25-27)18-23(17-21-9-5-2-6-10-21)30(28,29)22-15-13-20(14-16-22)12-11-19-7-3-1-4-8-19/h1-16,23,27H,17-18H2,(H,25,26)/b12-11+. The van der Waals surface area contributed by atoms with Gasteiger partial charge in [0.25, 0.3) is 0 Å². The number of amides is 1. The van der Waals surface area contributed by atoms with E-state index in [-0.39, 0.29) is 17.7 Å². The summed E-state index contributed by atoms with van der Waals surface area (Å²) in [6.07, 6.45) is 3.70. The number of carbonyl (C=O) groups is 1. The number of carbonyl (C=O) groups excluding carboxylic acids is 1. The van der Waals surface area contributed by atoms with Gasteiger partial charge in [-0.05, 0) is 35.2 Å². The lowest BCUT2D eigenvalue weighted by molar-refractivity contribution is -0.129. The lowest BCUT2D eigenvalue weighted by atomic mass is 10.1. The van der Waals surface area contributed by atoms with E-state index in [1.54, 1.807) is 24.3 Å². The van der Waals surface area contributed by atoms with Crippen molar-refractivity contribution in [3.63, 3.8) is 0 Å². The maximum atomic E-state index is 13.2. The van der Waals surface area contributed by atoms with Crippen molar-refractivity contribution in [1.82, 2.24) is 5.48 Å². The van der Waals surface area contributed by atoms with E-state index in [9.17, 15) is 13.2 Å². The number of rotatable bonds is 8. The lowest BCUT2D eigenvalue weighted by Gasteiger charge is -2.17. The summed E-state index contributed by atoms with van der Waals surface area (Å²) in [6.45, 7) is 0. The monoisotopic (exact) mass is 421 g/mol. The molecule has 2 N–H and O–H groups in total. The Bertz CT molecular complexity index is 1090. The molecule has 0 aliphatic heterocycles. The van der Waals surface area contributed by atoms with E-state index >= 15 is 0 Å². The van der Waals surface area contributed by atoms with Crippen molar-refractivity contribution >= 4 is 27.9 Å². The summed E-state index contributed by atoms with van der Waals surface area (Å²) < 4.78 is 26.4. The fourth-order valence-corrected chi connectivity index (χ4v) is 4.82. The largest absolute Gasteiger partial charge is 0.289 e. The van der Waals surface area contributed by atoms with Crippen LogP contribution in [0.1, 0.15) is 23.1 Å². The van der Waals surface area contributed by atoms with Crippen LogP contribution in [-0.2, 0) is 21.1 Å². The Morgan fingerprint density at radius 2 is 1.37 bits per heavy atom. The molecule has 0 spiro atoms. The van der Waals surface area contributed by atoms with Crippen LogP contribution in [0.2, 0.25) is 0 Å². The van der Waals surface area contributed by atoms with Gasteiger partial charge in [0.15, 0.2) is 9.84 Å². The maximum absolute atomic E-state index is 13.2. The number of hydrogen-bond acceptors (Lipinski definition) is 4. The summed E-state index contributed by atoms with van der Waals surface area (Å²) in [4.78, 5) is 11.9. The van der Waals surface area contributed by atoms with Crippen LogP contribution < -0.4 is 5.48 Å². The molecule has 0 radical (unpaired) electrons. The first kappa shape index (κ1) is 21.5. The summed E-state index contributed by atoms with van der Waals surface area (Å²) >= 11 is 0. The zero-order valence-electron chi connectivity index (χ0n) is 16.3. The van der Waals surface area contributed by atoms with Gasteiger partial charge >= 0.3 is 0 Å². The molecule has 154 valence electrons. The Hall–Kier alpha value is -3.22. The molecule has 0 aliphatic rings. The molecule has 1 unspecified atom stereocenters. The minimum atomic E-state index is -3.78. The molecular formula is C24H23NO4S. The number of nitrogens with one attached hydrogen (secondary N) is 1. The van der Waals surface area contributed by atoms with Gasteiger partial charge in [-0.25, -0.2) is 13.9 Å². The Balaban J connectivity index is 1.82. The molecule has 1 atom stereocenters. The maximum Gasteiger partial charge on any atom is 0.244 e. The van der Waals surface area contributed by atoms with Crippen LogP contribution in [0.5, 0.6) is 0 Å². The van der Waals surface area contributed by atoms with E-state index in [1.165, 1.54) is 5.48 Å². The van der Waals surface area contributed by atoms with E-state index in [0.717, 1.165) is 16.7 Å². The summed E-state index contributed by atoms with van der Waals surface area (Å²) in [5, 5.41) is 7.89. The summed E-state index contributed by atoms with van der Waals surface area (Å²) in [5.74, 6) is -0.734. The summed E-state index contributed by atoms with van der Waals surface area (Å²) in [6, 6.07) is 25.5. The second-order valence-electron chi connectivity index (χ2n) is 6.91. The highest BCUT2D eigenvalue weighted by atomic mass is 32.2. The third kappa shape index (κ3) is 5.65. The first-order chi connectivity index (χ1) is 14.5. The molecule has 0 fully saturated rings. The smallest absolute Gasteiger partial charge is 0.244 e. The number of benzene rings is 3. The normalized spacial score (nSPS) is 12.6. The molecule has 3 aromatic carbocycles. The molecule has 0 aliphatic carbocycles. The van der Waals surface area contributed by atoms with Gasteiger partial charge < -0.3 is 0 Å². The Morgan fingerprint density at radius 3 is 1.93 bits per heavy atom. The minimum Gasteiger partial charge on any atom is -0.289 e. The fraction of sp³-hybridized carbons (Fsp3) is 0.125. The van der Waals surface area contributed by atoms with Crippen LogP contribution in [0.25, 0.3) is 12.2 Å². The van der Waals surface area contributed by atoms with Crippen LogP contribution in [0.3, 0.4) is 0 Å². The molecule has 3 rings (SSSR count). The van der Waals surface area contributed by atoms with E-state index in [1.807, 2.05) is 72.8 Å². The van der Waals surface area contributed by atoms with Gasteiger partial charge in [0, 0.05) is 6.42 Å². The van der Waals surface area contributed by atoms with Crippen molar-refractivity contribution in [1.29, 1.82) is 0 Å². The fourth-order valence-electron chi connectivity index (χ4n) is 3.14. The number of hydroxylamine groups is 1.